The number of carbonyl (C=O) groups excluding carboxylic acids is 1. The normalized spacial score (nSPS) is 10.2. The molecule has 0 bridgehead atoms. The molecule has 0 N–H and O–H groups in total. The van der Waals surface area contributed by atoms with Gasteiger partial charge >= 0.3 is 0 Å². The molecule has 1 aromatic carbocycles. The van der Waals surface area contributed by atoms with Crippen LogP contribution in [-0.2, 0) is 6.42 Å². The van der Waals surface area contributed by atoms with Gasteiger partial charge in [0.2, 0.25) is 0 Å². The molecule has 0 radical (unpaired) electrons. The largest absolute Gasteiger partial charge is 0.458 e. The summed E-state index contributed by atoms with van der Waals surface area (Å²) in [5, 5.41) is 0.710. The van der Waals surface area contributed by atoms with Gasteiger partial charge in [-0.05, 0) is 23.8 Å². The fourth-order valence-corrected chi connectivity index (χ4v) is 1.58. The summed E-state index contributed by atoms with van der Waals surface area (Å²) in [4.78, 5) is 10.4. The van der Waals surface area contributed by atoms with Crippen LogP contribution in [0.5, 0.6) is 0 Å². The highest BCUT2D eigenvalue weighted by Gasteiger charge is 2.04. The van der Waals surface area contributed by atoms with Crippen molar-refractivity contribution in [2.45, 2.75) is 6.42 Å². The van der Waals surface area contributed by atoms with E-state index in [1.54, 1.807) is 12.1 Å². The molecule has 2 rings (SSSR count). The molecule has 1 heterocycles. The minimum absolute atomic E-state index is 0.344. The van der Waals surface area contributed by atoms with Crippen LogP contribution in [0, 0.1) is 0 Å². The van der Waals surface area contributed by atoms with Gasteiger partial charge in [-0.2, -0.15) is 0 Å². The molecular formula is C12H9ClO2. The van der Waals surface area contributed by atoms with E-state index in [0.29, 0.717) is 23.5 Å². The van der Waals surface area contributed by atoms with E-state index in [1.807, 2.05) is 24.3 Å². The third kappa shape index (κ3) is 2.28. The zero-order valence-electron chi connectivity index (χ0n) is 7.94. The first-order chi connectivity index (χ1) is 7.29. The van der Waals surface area contributed by atoms with Gasteiger partial charge in [0.25, 0.3) is 0 Å². The van der Waals surface area contributed by atoms with Gasteiger partial charge in [0.05, 0.1) is 0 Å². The maximum absolute atomic E-state index is 10.4. The summed E-state index contributed by atoms with van der Waals surface area (Å²) in [5.41, 5.74) is 0.992. The third-order valence-corrected chi connectivity index (χ3v) is 2.49. The fourth-order valence-electron chi connectivity index (χ4n) is 1.38. The van der Waals surface area contributed by atoms with Gasteiger partial charge in [0.15, 0.2) is 12.0 Å². The topological polar surface area (TPSA) is 30.2 Å². The first kappa shape index (κ1) is 9.99. The van der Waals surface area contributed by atoms with Crippen LogP contribution in [0.4, 0.5) is 0 Å². The minimum atomic E-state index is 0.344. The van der Waals surface area contributed by atoms with Crippen LogP contribution in [0.15, 0.2) is 40.8 Å². The van der Waals surface area contributed by atoms with Crippen molar-refractivity contribution in [3.8, 4) is 0 Å². The summed E-state index contributed by atoms with van der Waals surface area (Å²) < 4.78 is 5.27. The lowest BCUT2D eigenvalue weighted by Crippen LogP contribution is -1.86. The summed E-state index contributed by atoms with van der Waals surface area (Å²) >= 11 is 6.00. The molecule has 0 unspecified atom stereocenters. The van der Waals surface area contributed by atoms with Gasteiger partial charge in [-0.15, -0.1) is 0 Å². The molecule has 3 heteroatoms. The molecule has 15 heavy (non-hydrogen) atoms. The van der Waals surface area contributed by atoms with Crippen LogP contribution in [0.25, 0.3) is 0 Å². The quantitative estimate of drug-likeness (QED) is 0.743. The molecule has 0 spiro atoms. The molecule has 1 aromatic heterocycles. The molecule has 0 saturated carbocycles. The highest BCUT2D eigenvalue weighted by molar-refractivity contribution is 6.31. The van der Waals surface area contributed by atoms with Gasteiger partial charge in [-0.1, -0.05) is 29.8 Å². The van der Waals surface area contributed by atoms with Crippen LogP contribution >= 0.6 is 11.6 Å². The van der Waals surface area contributed by atoms with Crippen LogP contribution in [0.2, 0.25) is 5.02 Å². The smallest absolute Gasteiger partial charge is 0.185 e. The highest BCUT2D eigenvalue weighted by atomic mass is 35.5. The van der Waals surface area contributed by atoms with E-state index in [0.717, 1.165) is 11.3 Å². The molecular weight excluding hydrogens is 212 g/mol. The number of halogens is 1. The van der Waals surface area contributed by atoms with Crippen LogP contribution < -0.4 is 0 Å². The van der Waals surface area contributed by atoms with Crippen LogP contribution in [-0.4, -0.2) is 6.29 Å². The molecule has 0 aliphatic rings. The number of hydrogen-bond donors (Lipinski definition) is 0. The second kappa shape index (κ2) is 4.32. The van der Waals surface area contributed by atoms with E-state index in [9.17, 15) is 4.79 Å². The second-order valence-corrected chi connectivity index (χ2v) is 3.60. The van der Waals surface area contributed by atoms with E-state index >= 15 is 0 Å². The van der Waals surface area contributed by atoms with Gasteiger partial charge in [0.1, 0.15) is 5.76 Å². The number of aldehydes is 1. The average molecular weight is 221 g/mol. The molecule has 2 nitrogen and oxygen atoms in total. The Kier molecular flexibility index (Phi) is 2.88. The van der Waals surface area contributed by atoms with E-state index in [4.69, 9.17) is 16.0 Å². The number of furan rings is 1. The predicted molar refractivity (Wildman–Crippen MR) is 58.4 cm³/mol. The lowest BCUT2D eigenvalue weighted by Gasteiger charge is -2.00. The molecule has 76 valence electrons. The Bertz CT molecular complexity index is 474. The molecule has 0 aliphatic heterocycles. The van der Waals surface area contributed by atoms with Crippen molar-refractivity contribution in [2.24, 2.45) is 0 Å². The maximum Gasteiger partial charge on any atom is 0.185 e. The summed E-state index contributed by atoms with van der Waals surface area (Å²) in [5.74, 6) is 1.09. The second-order valence-electron chi connectivity index (χ2n) is 3.19. The lowest BCUT2D eigenvalue weighted by molar-refractivity contribution is 0.109. The summed E-state index contributed by atoms with van der Waals surface area (Å²) in [6, 6.07) is 11.0. The van der Waals surface area contributed by atoms with E-state index in [-0.39, 0.29) is 0 Å². The van der Waals surface area contributed by atoms with Crippen molar-refractivity contribution in [1.29, 1.82) is 0 Å². The summed E-state index contributed by atoms with van der Waals surface area (Å²) in [6.45, 7) is 0. The van der Waals surface area contributed by atoms with Crippen molar-refractivity contribution in [2.75, 3.05) is 0 Å². The minimum Gasteiger partial charge on any atom is -0.458 e. The molecule has 0 amide bonds. The standard InChI is InChI=1S/C12H9ClO2/c13-12-4-2-1-3-9(12)7-10-5-6-11(8-14)15-10/h1-6,8H,7H2. The zero-order chi connectivity index (χ0) is 10.7. The Morgan fingerprint density at radius 2 is 2.00 bits per heavy atom. The first-order valence-corrected chi connectivity index (χ1v) is 4.94. The van der Waals surface area contributed by atoms with Crippen molar-refractivity contribution >= 4 is 17.9 Å². The van der Waals surface area contributed by atoms with E-state index < -0.39 is 0 Å². The molecule has 0 saturated heterocycles. The monoisotopic (exact) mass is 220 g/mol. The lowest BCUT2D eigenvalue weighted by atomic mass is 10.1. The van der Waals surface area contributed by atoms with Gasteiger partial charge in [-0.25, -0.2) is 0 Å². The Morgan fingerprint density at radius 3 is 2.67 bits per heavy atom. The van der Waals surface area contributed by atoms with Crippen molar-refractivity contribution in [3.05, 3.63) is 58.5 Å². The summed E-state index contributed by atoms with van der Waals surface area (Å²) in [6.07, 6.45) is 1.30. The maximum atomic E-state index is 10.4. The van der Waals surface area contributed by atoms with Crippen molar-refractivity contribution in [3.63, 3.8) is 0 Å². The van der Waals surface area contributed by atoms with Crippen LogP contribution in [0.1, 0.15) is 21.9 Å². The molecule has 2 aromatic rings. The van der Waals surface area contributed by atoms with E-state index in [1.165, 1.54) is 0 Å². The number of benzene rings is 1. The molecule has 0 fully saturated rings. The van der Waals surface area contributed by atoms with Gasteiger partial charge in [-0.3, -0.25) is 4.79 Å². The first-order valence-electron chi connectivity index (χ1n) is 4.57. The Labute approximate surface area is 92.5 Å². The van der Waals surface area contributed by atoms with E-state index in [2.05, 4.69) is 0 Å². The zero-order valence-corrected chi connectivity index (χ0v) is 8.70. The average Bonchev–Trinajstić information content (AvgIpc) is 2.69. The van der Waals surface area contributed by atoms with Crippen LogP contribution in [0.3, 0.4) is 0 Å². The molecule has 0 aliphatic carbocycles. The number of rotatable bonds is 3. The third-order valence-electron chi connectivity index (χ3n) is 2.12. The van der Waals surface area contributed by atoms with Gasteiger partial charge in [0, 0.05) is 11.4 Å². The van der Waals surface area contributed by atoms with Crippen molar-refractivity contribution < 1.29 is 9.21 Å². The fraction of sp³-hybridized carbons (Fsp3) is 0.0833. The van der Waals surface area contributed by atoms with Crippen molar-refractivity contribution in [1.82, 2.24) is 0 Å². The number of hydrogen-bond acceptors (Lipinski definition) is 2. The Morgan fingerprint density at radius 1 is 1.20 bits per heavy atom. The number of carbonyl (C=O) groups is 1. The highest BCUT2D eigenvalue weighted by Crippen LogP contribution is 2.19. The Hall–Kier alpha value is -1.54. The van der Waals surface area contributed by atoms with Gasteiger partial charge < -0.3 is 4.42 Å². The predicted octanol–water partition coefficient (Wildman–Crippen LogP) is 3.34. The molecule has 0 atom stereocenters. The Balaban J connectivity index is 2.22. The SMILES string of the molecule is O=Cc1ccc(Cc2ccccc2Cl)o1. The summed E-state index contributed by atoms with van der Waals surface area (Å²) in [7, 11) is 0.